The third kappa shape index (κ3) is 3.93. The topological polar surface area (TPSA) is 75.6 Å². The average Bonchev–Trinajstić information content (AvgIpc) is 2.43. The van der Waals surface area contributed by atoms with E-state index < -0.39 is 12.0 Å². The minimum atomic E-state index is -0.814. The number of carbonyl (C=O) groups excluding carboxylic acids is 2. The molecule has 1 atom stereocenters. The van der Waals surface area contributed by atoms with E-state index in [2.05, 4.69) is 10.1 Å². The molecule has 1 rings (SSSR count). The van der Waals surface area contributed by atoms with Gasteiger partial charge in [-0.25, -0.2) is 4.79 Å². The van der Waals surface area contributed by atoms with E-state index in [1.165, 1.54) is 13.2 Å². The fourth-order valence-corrected chi connectivity index (χ4v) is 1.38. The first-order chi connectivity index (χ1) is 8.69. The summed E-state index contributed by atoms with van der Waals surface area (Å²) in [5, 5.41) is 11.1. The van der Waals surface area contributed by atoms with Gasteiger partial charge in [0.05, 0.1) is 13.4 Å². The Morgan fingerprint density at radius 1 is 1.39 bits per heavy atom. The van der Waals surface area contributed by atoms with Crippen molar-refractivity contribution in [2.75, 3.05) is 7.11 Å². The van der Waals surface area contributed by atoms with Crippen LogP contribution in [0.15, 0.2) is 42.7 Å². The summed E-state index contributed by atoms with van der Waals surface area (Å²) >= 11 is 0. The molecule has 0 aliphatic heterocycles. The molecule has 0 aliphatic rings. The summed E-state index contributed by atoms with van der Waals surface area (Å²) in [5.74, 6) is -0.922. The van der Waals surface area contributed by atoms with Crippen LogP contribution >= 0.6 is 0 Å². The molecule has 1 aromatic carbocycles. The lowest BCUT2D eigenvalue weighted by molar-refractivity contribution is -0.142. The highest BCUT2D eigenvalue weighted by molar-refractivity contribution is 5.96. The van der Waals surface area contributed by atoms with Crippen LogP contribution in [0.1, 0.15) is 16.8 Å². The van der Waals surface area contributed by atoms with E-state index >= 15 is 0 Å². The van der Waals surface area contributed by atoms with Gasteiger partial charge >= 0.3 is 5.97 Å². The number of esters is 1. The number of rotatable bonds is 5. The second-order valence-corrected chi connectivity index (χ2v) is 3.54. The third-order valence-corrected chi connectivity index (χ3v) is 2.30. The lowest BCUT2D eigenvalue weighted by Gasteiger charge is -2.14. The van der Waals surface area contributed by atoms with E-state index in [9.17, 15) is 9.59 Å². The maximum Gasteiger partial charge on any atom is 0.328 e. The van der Waals surface area contributed by atoms with E-state index in [-0.39, 0.29) is 12.3 Å². The molecule has 1 amide bonds. The van der Waals surface area contributed by atoms with E-state index in [4.69, 9.17) is 5.11 Å². The molecular weight excluding hydrogens is 234 g/mol. The van der Waals surface area contributed by atoms with Crippen LogP contribution in [0.25, 0.3) is 0 Å². The molecule has 2 N–H and O–H groups in total. The number of methoxy groups -OCH3 is 1. The van der Waals surface area contributed by atoms with Gasteiger partial charge in [-0.05, 0) is 24.6 Å². The van der Waals surface area contributed by atoms with Crippen molar-refractivity contribution in [3.63, 3.8) is 0 Å². The second kappa shape index (κ2) is 7.11. The maximum absolute atomic E-state index is 11.8. The smallest absolute Gasteiger partial charge is 0.328 e. The summed E-state index contributed by atoms with van der Waals surface area (Å²) < 4.78 is 4.58. The zero-order valence-electron chi connectivity index (χ0n) is 10.00. The fraction of sp³-hybridized carbons (Fsp3) is 0.231. The summed E-state index contributed by atoms with van der Waals surface area (Å²) in [7, 11) is 1.24. The summed E-state index contributed by atoms with van der Waals surface area (Å²) in [6.07, 6.45) is 2.36. The Morgan fingerprint density at radius 2 is 2.06 bits per heavy atom. The monoisotopic (exact) mass is 249 g/mol. The van der Waals surface area contributed by atoms with Gasteiger partial charge in [-0.3, -0.25) is 4.79 Å². The van der Waals surface area contributed by atoms with Crippen molar-refractivity contribution in [2.24, 2.45) is 0 Å². The third-order valence-electron chi connectivity index (χ3n) is 2.30. The van der Waals surface area contributed by atoms with Gasteiger partial charge in [-0.1, -0.05) is 18.2 Å². The van der Waals surface area contributed by atoms with Crippen LogP contribution in [0, 0.1) is 0 Å². The minimum Gasteiger partial charge on any atom is -0.516 e. The van der Waals surface area contributed by atoms with Crippen LogP contribution in [0.5, 0.6) is 0 Å². The number of nitrogens with one attached hydrogen (secondary N) is 1. The first kappa shape index (κ1) is 13.8. The number of amides is 1. The zero-order valence-corrected chi connectivity index (χ0v) is 10.00. The molecule has 96 valence electrons. The predicted octanol–water partition coefficient (Wildman–Crippen LogP) is 1.42. The maximum atomic E-state index is 11.8. The van der Waals surface area contributed by atoms with Gasteiger partial charge in [0.25, 0.3) is 5.91 Å². The highest BCUT2D eigenvalue weighted by Gasteiger charge is 2.20. The fourth-order valence-electron chi connectivity index (χ4n) is 1.38. The van der Waals surface area contributed by atoms with Gasteiger partial charge in [0.15, 0.2) is 0 Å². The predicted molar refractivity (Wildman–Crippen MR) is 66.1 cm³/mol. The lowest BCUT2D eigenvalue weighted by atomic mass is 10.1. The molecule has 0 saturated carbocycles. The minimum absolute atomic E-state index is 0.168. The summed E-state index contributed by atoms with van der Waals surface area (Å²) in [6, 6.07) is 7.73. The molecule has 0 heterocycles. The van der Waals surface area contributed by atoms with Crippen molar-refractivity contribution in [3.8, 4) is 0 Å². The number of ether oxygens (including phenoxy) is 1. The summed E-state index contributed by atoms with van der Waals surface area (Å²) in [4.78, 5) is 23.3. The molecule has 0 radical (unpaired) electrons. The molecule has 1 aromatic rings. The number of benzene rings is 1. The van der Waals surface area contributed by atoms with Crippen LogP contribution in [0.4, 0.5) is 0 Å². The van der Waals surface area contributed by atoms with E-state index in [0.717, 1.165) is 6.26 Å². The van der Waals surface area contributed by atoms with Crippen LogP contribution in [0.2, 0.25) is 0 Å². The number of aliphatic hydroxyl groups excluding tert-OH is 1. The number of aliphatic hydroxyl groups is 1. The Morgan fingerprint density at radius 3 is 2.61 bits per heavy atom. The zero-order chi connectivity index (χ0) is 13.4. The standard InChI is InChI=1S/C13H15NO4/c1-18-13(17)11(8-5-9-15)14-12(16)10-6-3-2-4-7-10/h2-7,9,11,15H,8H2,1H3,(H,14,16)/b9-5+/t11-/m0/s1. The van der Waals surface area contributed by atoms with E-state index in [1.807, 2.05) is 0 Å². The van der Waals surface area contributed by atoms with Gasteiger partial charge in [0, 0.05) is 5.56 Å². The molecule has 5 nitrogen and oxygen atoms in total. The molecule has 0 unspecified atom stereocenters. The number of carbonyl (C=O) groups is 2. The Kier molecular flexibility index (Phi) is 5.44. The molecule has 0 fully saturated rings. The van der Waals surface area contributed by atoms with Gasteiger partial charge in [-0.15, -0.1) is 0 Å². The highest BCUT2D eigenvalue weighted by Crippen LogP contribution is 2.02. The molecule has 0 spiro atoms. The van der Waals surface area contributed by atoms with Crippen molar-refractivity contribution < 1.29 is 19.4 Å². The molecule has 0 aliphatic carbocycles. The number of hydrogen-bond acceptors (Lipinski definition) is 4. The Balaban J connectivity index is 2.71. The van der Waals surface area contributed by atoms with E-state index in [1.54, 1.807) is 30.3 Å². The van der Waals surface area contributed by atoms with Crippen molar-refractivity contribution in [2.45, 2.75) is 12.5 Å². The van der Waals surface area contributed by atoms with Gasteiger partial charge in [0.2, 0.25) is 0 Å². The van der Waals surface area contributed by atoms with Crippen LogP contribution in [-0.2, 0) is 9.53 Å². The van der Waals surface area contributed by atoms with Crippen LogP contribution in [0.3, 0.4) is 0 Å². The molecular formula is C13H15NO4. The second-order valence-electron chi connectivity index (χ2n) is 3.54. The highest BCUT2D eigenvalue weighted by atomic mass is 16.5. The SMILES string of the molecule is COC(=O)[C@H](C/C=C/O)NC(=O)c1ccccc1. The molecule has 0 saturated heterocycles. The first-order valence-electron chi connectivity index (χ1n) is 5.42. The first-order valence-corrected chi connectivity index (χ1v) is 5.42. The van der Waals surface area contributed by atoms with Gasteiger partial charge in [-0.2, -0.15) is 0 Å². The molecule has 0 bridgehead atoms. The summed E-state index contributed by atoms with van der Waals surface area (Å²) in [5.41, 5.74) is 0.458. The Hall–Kier alpha value is -2.30. The summed E-state index contributed by atoms with van der Waals surface area (Å²) in [6.45, 7) is 0. The molecule has 5 heteroatoms. The van der Waals surface area contributed by atoms with Crippen LogP contribution in [-0.4, -0.2) is 30.1 Å². The average molecular weight is 249 g/mol. The van der Waals surface area contributed by atoms with Crippen molar-refractivity contribution in [1.29, 1.82) is 0 Å². The molecule has 0 aromatic heterocycles. The molecule has 18 heavy (non-hydrogen) atoms. The van der Waals surface area contributed by atoms with Crippen LogP contribution < -0.4 is 5.32 Å². The Bertz CT molecular complexity index is 428. The van der Waals surface area contributed by atoms with Crippen molar-refractivity contribution in [1.82, 2.24) is 5.32 Å². The van der Waals surface area contributed by atoms with E-state index in [0.29, 0.717) is 5.56 Å². The quantitative estimate of drug-likeness (QED) is 0.611. The lowest BCUT2D eigenvalue weighted by Crippen LogP contribution is -2.41. The normalized spacial score (nSPS) is 12.1. The van der Waals surface area contributed by atoms with Gasteiger partial charge < -0.3 is 15.2 Å². The largest absolute Gasteiger partial charge is 0.516 e. The number of hydrogen-bond donors (Lipinski definition) is 2. The Labute approximate surface area is 105 Å². The van der Waals surface area contributed by atoms with Crippen molar-refractivity contribution in [3.05, 3.63) is 48.2 Å². The van der Waals surface area contributed by atoms with Crippen molar-refractivity contribution >= 4 is 11.9 Å². The van der Waals surface area contributed by atoms with Gasteiger partial charge in [0.1, 0.15) is 6.04 Å².